The smallest absolute Gasteiger partial charge is 0.290 e. The second kappa shape index (κ2) is 7.12. The van der Waals surface area contributed by atoms with E-state index in [4.69, 9.17) is 0 Å². The molecule has 2 aromatic rings. The summed E-state index contributed by atoms with van der Waals surface area (Å²) in [5, 5.41) is 10.4. The van der Waals surface area contributed by atoms with Crippen LogP contribution in [0.15, 0.2) is 59.9 Å². The third-order valence-electron chi connectivity index (χ3n) is 4.55. The van der Waals surface area contributed by atoms with E-state index in [0.717, 1.165) is 16.7 Å². The topological polar surface area (TPSA) is 57.6 Å². The molecule has 3 rings (SSSR count). The maximum atomic E-state index is 13.2. The number of benzene rings is 2. The van der Waals surface area contributed by atoms with Gasteiger partial charge in [0.1, 0.15) is 5.82 Å². The van der Waals surface area contributed by atoms with E-state index in [9.17, 15) is 19.1 Å². The maximum Gasteiger partial charge on any atom is 0.290 e. The summed E-state index contributed by atoms with van der Waals surface area (Å²) in [5.41, 5.74) is 2.60. The summed E-state index contributed by atoms with van der Waals surface area (Å²) < 4.78 is 13.2. The van der Waals surface area contributed by atoms with Crippen LogP contribution in [0.2, 0.25) is 0 Å². The molecule has 1 atom stereocenters. The summed E-state index contributed by atoms with van der Waals surface area (Å²) in [6.07, 6.45) is 0.194. The summed E-state index contributed by atoms with van der Waals surface area (Å²) in [5.74, 6) is -1.70. The first-order chi connectivity index (χ1) is 12.4. The van der Waals surface area contributed by atoms with Gasteiger partial charge in [0.25, 0.3) is 5.91 Å². The maximum absolute atomic E-state index is 13.2. The lowest BCUT2D eigenvalue weighted by atomic mass is 9.94. The van der Waals surface area contributed by atoms with Gasteiger partial charge in [-0.25, -0.2) is 4.39 Å². The Hall–Kier alpha value is -2.95. The highest BCUT2D eigenvalue weighted by Crippen LogP contribution is 2.39. The highest BCUT2D eigenvalue weighted by molar-refractivity contribution is 6.08. The molecule has 5 heteroatoms. The Bertz CT molecular complexity index is 886. The Morgan fingerprint density at radius 1 is 1.19 bits per heavy atom. The molecular weight excluding hydrogens is 333 g/mol. The molecule has 2 aromatic carbocycles. The van der Waals surface area contributed by atoms with Gasteiger partial charge >= 0.3 is 0 Å². The molecule has 4 nitrogen and oxygen atoms in total. The van der Waals surface area contributed by atoms with E-state index in [-0.39, 0.29) is 30.1 Å². The zero-order valence-electron chi connectivity index (χ0n) is 14.7. The molecule has 0 radical (unpaired) electrons. The second-order valence-corrected chi connectivity index (χ2v) is 6.42. The number of amides is 1. The predicted octanol–water partition coefficient (Wildman–Crippen LogP) is 4.01. The van der Waals surface area contributed by atoms with E-state index in [1.54, 1.807) is 19.1 Å². The number of Topliss-reactive ketones (excluding diaryl/α,β-unsaturated/α-hetero) is 1. The molecule has 1 amide bonds. The van der Waals surface area contributed by atoms with Crippen LogP contribution in [0.4, 0.5) is 4.39 Å². The lowest BCUT2D eigenvalue weighted by Gasteiger charge is -2.27. The third-order valence-corrected chi connectivity index (χ3v) is 4.55. The normalized spacial score (nSPS) is 17.1. The van der Waals surface area contributed by atoms with Gasteiger partial charge in [0, 0.05) is 13.0 Å². The summed E-state index contributed by atoms with van der Waals surface area (Å²) in [6.45, 7) is 3.79. The molecule has 1 heterocycles. The fraction of sp³-hybridized carbons (Fsp3) is 0.238. The van der Waals surface area contributed by atoms with Gasteiger partial charge in [0.15, 0.2) is 11.5 Å². The highest BCUT2D eigenvalue weighted by Gasteiger charge is 2.42. The minimum Gasteiger partial charge on any atom is -0.503 e. The molecule has 1 aliphatic rings. The number of ketones is 1. The lowest BCUT2D eigenvalue weighted by molar-refractivity contribution is -0.130. The van der Waals surface area contributed by atoms with Crippen LogP contribution < -0.4 is 0 Å². The molecule has 0 aromatic heterocycles. The van der Waals surface area contributed by atoms with Crippen LogP contribution in [0.5, 0.6) is 0 Å². The van der Waals surface area contributed by atoms with Crippen molar-refractivity contribution in [3.8, 4) is 0 Å². The Kier molecular flexibility index (Phi) is 4.89. The van der Waals surface area contributed by atoms with E-state index in [1.807, 2.05) is 31.2 Å². The molecule has 0 aliphatic carbocycles. The molecule has 134 valence electrons. The number of carbonyl (C=O) groups is 2. The Labute approximate surface area is 151 Å². The van der Waals surface area contributed by atoms with Crippen molar-refractivity contribution in [3.63, 3.8) is 0 Å². The van der Waals surface area contributed by atoms with Crippen LogP contribution in [0.25, 0.3) is 0 Å². The third kappa shape index (κ3) is 3.25. The van der Waals surface area contributed by atoms with Crippen molar-refractivity contribution in [2.45, 2.75) is 32.9 Å². The average molecular weight is 353 g/mol. The fourth-order valence-corrected chi connectivity index (χ4v) is 3.27. The van der Waals surface area contributed by atoms with Crippen molar-refractivity contribution < 1.29 is 19.1 Å². The van der Waals surface area contributed by atoms with Gasteiger partial charge in [-0.3, -0.25) is 9.59 Å². The van der Waals surface area contributed by atoms with Crippen LogP contribution in [0, 0.1) is 12.7 Å². The van der Waals surface area contributed by atoms with Gasteiger partial charge in [-0.2, -0.15) is 0 Å². The zero-order chi connectivity index (χ0) is 18.8. The van der Waals surface area contributed by atoms with E-state index in [0.29, 0.717) is 0 Å². The van der Waals surface area contributed by atoms with Crippen molar-refractivity contribution >= 4 is 11.7 Å². The molecule has 26 heavy (non-hydrogen) atoms. The first-order valence-electron chi connectivity index (χ1n) is 8.50. The van der Waals surface area contributed by atoms with Gasteiger partial charge in [-0.1, -0.05) is 48.9 Å². The molecule has 0 fully saturated rings. The molecule has 0 saturated heterocycles. The summed E-state index contributed by atoms with van der Waals surface area (Å²) in [4.78, 5) is 26.6. The van der Waals surface area contributed by atoms with Crippen LogP contribution in [0.1, 0.15) is 36.1 Å². The molecular formula is C21H20FNO3. The SMILES string of the molecule is CCC(=O)C1=C(O)C(=O)N(Cc2ccc(F)cc2)C1c1cccc(C)c1. The second-order valence-electron chi connectivity index (χ2n) is 6.42. The van der Waals surface area contributed by atoms with Crippen molar-refractivity contribution in [3.05, 3.63) is 82.4 Å². The summed E-state index contributed by atoms with van der Waals surface area (Å²) >= 11 is 0. The number of aliphatic hydroxyl groups excluding tert-OH is 1. The summed E-state index contributed by atoms with van der Waals surface area (Å²) in [6, 6.07) is 12.7. The van der Waals surface area contributed by atoms with Gasteiger partial charge in [0.2, 0.25) is 0 Å². The number of hydrogen-bond acceptors (Lipinski definition) is 3. The van der Waals surface area contributed by atoms with Crippen molar-refractivity contribution in [1.82, 2.24) is 4.90 Å². The standard InChI is InChI=1S/C21H20FNO3/c1-3-17(24)18-19(15-6-4-5-13(2)11-15)23(21(26)20(18)25)12-14-7-9-16(22)10-8-14/h4-11,19,25H,3,12H2,1-2H3. The van der Waals surface area contributed by atoms with Gasteiger partial charge < -0.3 is 10.0 Å². The molecule has 1 N–H and O–H groups in total. The molecule has 0 saturated carbocycles. The number of halogens is 1. The first kappa shape index (κ1) is 17.9. The molecule has 1 unspecified atom stereocenters. The minimum atomic E-state index is -0.653. The summed E-state index contributed by atoms with van der Waals surface area (Å²) in [7, 11) is 0. The Balaban J connectivity index is 2.05. The average Bonchev–Trinajstić information content (AvgIpc) is 2.88. The number of carbonyl (C=O) groups excluding carboxylic acids is 2. The van der Waals surface area contributed by atoms with Gasteiger partial charge in [0.05, 0.1) is 11.6 Å². The lowest BCUT2D eigenvalue weighted by Crippen LogP contribution is -2.30. The van der Waals surface area contributed by atoms with Crippen molar-refractivity contribution in [2.24, 2.45) is 0 Å². The Morgan fingerprint density at radius 2 is 1.88 bits per heavy atom. The van der Waals surface area contributed by atoms with Crippen LogP contribution >= 0.6 is 0 Å². The molecule has 0 spiro atoms. The number of rotatable bonds is 5. The largest absolute Gasteiger partial charge is 0.503 e. The Morgan fingerprint density at radius 3 is 2.50 bits per heavy atom. The molecule has 1 aliphatic heterocycles. The van der Waals surface area contributed by atoms with Gasteiger partial charge in [-0.05, 0) is 30.2 Å². The van der Waals surface area contributed by atoms with Crippen LogP contribution in [-0.2, 0) is 16.1 Å². The predicted molar refractivity (Wildman–Crippen MR) is 95.8 cm³/mol. The first-order valence-corrected chi connectivity index (χ1v) is 8.50. The van der Waals surface area contributed by atoms with E-state index >= 15 is 0 Å². The van der Waals surface area contributed by atoms with Gasteiger partial charge in [-0.15, -0.1) is 0 Å². The van der Waals surface area contributed by atoms with Crippen molar-refractivity contribution in [1.29, 1.82) is 0 Å². The molecule has 0 bridgehead atoms. The number of aliphatic hydroxyl groups is 1. The monoisotopic (exact) mass is 353 g/mol. The van der Waals surface area contributed by atoms with Crippen LogP contribution in [-0.4, -0.2) is 21.7 Å². The van der Waals surface area contributed by atoms with Crippen LogP contribution in [0.3, 0.4) is 0 Å². The number of nitrogens with zero attached hydrogens (tertiary/aromatic N) is 1. The van der Waals surface area contributed by atoms with Crippen molar-refractivity contribution in [2.75, 3.05) is 0 Å². The van der Waals surface area contributed by atoms with E-state index in [1.165, 1.54) is 17.0 Å². The number of aryl methyl sites for hydroxylation is 1. The quantitative estimate of drug-likeness (QED) is 0.884. The zero-order valence-corrected chi connectivity index (χ0v) is 14.7. The van der Waals surface area contributed by atoms with E-state index < -0.39 is 17.7 Å². The number of hydrogen-bond donors (Lipinski definition) is 1. The highest BCUT2D eigenvalue weighted by atomic mass is 19.1. The fourth-order valence-electron chi connectivity index (χ4n) is 3.27. The van der Waals surface area contributed by atoms with E-state index in [2.05, 4.69) is 0 Å². The minimum absolute atomic E-state index is 0.130.